The third-order valence-electron chi connectivity index (χ3n) is 6.14. The lowest BCUT2D eigenvalue weighted by molar-refractivity contribution is -0.122. The molecule has 2 heterocycles. The molecule has 1 fully saturated rings. The fourth-order valence-electron chi connectivity index (χ4n) is 3.92. The Hall–Kier alpha value is -4.32. The zero-order valence-electron chi connectivity index (χ0n) is 21.3. The van der Waals surface area contributed by atoms with Crippen molar-refractivity contribution in [1.82, 2.24) is 15.3 Å². The highest BCUT2D eigenvalue weighted by atomic mass is 32.2. The summed E-state index contributed by atoms with van der Waals surface area (Å²) in [5.74, 6) is -1.35. The van der Waals surface area contributed by atoms with Crippen molar-refractivity contribution in [2.45, 2.75) is 31.6 Å². The van der Waals surface area contributed by atoms with Gasteiger partial charge in [-0.15, -0.1) is 0 Å². The molecule has 1 aromatic heterocycles. The van der Waals surface area contributed by atoms with Gasteiger partial charge in [0.2, 0.25) is 17.7 Å². The lowest BCUT2D eigenvalue weighted by Gasteiger charge is -2.17. The van der Waals surface area contributed by atoms with Gasteiger partial charge in [0.05, 0.1) is 0 Å². The van der Waals surface area contributed by atoms with Crippen molar-refractivity contribution in [2.75, 3.05) is 24.3 Å². The number of aromatic amines is 2. The van der Waals surface area contributed by atoms with E-state index in [1.807, 2.05) is 57.1 Å². The average molecular weight is 537 g/mol. The van der Waals surface area contributed by atoms with Crippen molar-refractivity contribution >= 4 is 40.1 Å². The number of nitrogens with one attached hydrogen (secondary N) is 4. The smallest absolute Gasteiger partial charge is 0.328 e. The van der Waals surface area contributed by atoms with E-state index < -0.39 is 34.3 Å². The van der Waals surface area contributed by atoms with E-state index in [4.69, 9.17) is 0 Å². The van der Waals surface area contributed by atoms with Crippen molar-refractivity contribution in [3.8, 4) is 5.88 Å². The number of hydrogen-bond acceptors (Lipinski definition) is 8. The summed E-state index contributed by atoms with van der Waals surface area (Å²) in [7, 11) is 3.76. The van der Waals surface area contributed by atoms with Crippen LogP contribution in [0, 0.1) is 13.8 Å². The topological polar surface area (TPSA) is 160 Å². The van der Waals surface area contributed by atoms with E-state index >= 15 is 0 Å². The zero-order valence-corrected chi connectivity index (χ0v) is 22.1. The molecule has 0 aliphatic carbocycles. The molecule has 11 nitrogen and oxygen atoms in total. The van der Waals surface area contributed by atoms with Crippen LogP contribution in [0.3, 0.4) is 0 Å². The highest BCUT2D eigenvalue weighted by molar-refractivity contribution is 8.15. The Kier molecular flexibility index (Phi) is 7.72. The quantitative estimate of drug-likeness (QED) is 0.309. The van der Waals surface area contributed by atoms with Gasteiger partial charge in [-0.2, -0.15) is 0 Å². The molecule has 0 radical (unpaired) electrons. The van der Waals surface area contributed by atoms with Crippen LogP contribution in [0.1, 0.15) is 34.7 Å². The van der Waals surface area contributed by atoms with Gasteiger partial charge in [-0.1, -0.05) is 30.0 Å². The Bertz CT molecular complexity index is 1530. The zero-order chi connectivity index (χ0) is 27.6. The molecule has 2 aromatic carbocycles. The van der Waals surface area contributed by atoms with Crippen LogP contribution in [0.5, 0.6) is 5.88 Å². The van der Waals surface area contributed by atoms with E-state index in [2.05, 4.69) is 25.6 Å². The van der Waals surface area contributed by atoms with Crippen molar-refractivity contribution < 1.29 is 14.7 Å². The first-order valence-corrected chi connectivity index (χ1v) is 12.6. The van der Waals surface area contributed by atoms with Gasteiger partial charge in [0.15, 0.2) is 5.17 Å². The van der Waals surface area contributed by atoms with E-state index in [1.54, 1.807) is 18.2 Å². The number of rotatable bonds is 7. The van der Waals surface area contributed by atoms with Gasteiger partial charge in [0.25, 0.3) is 5.56 Å². The largest absolute Gasteiger partial charge is 0.494 e. The Morgan fingerprint density at radius 1 is 1.08 bits per heavy atom. The maximum Gasteiger partial charge on any atom is 0.328 e. The van der Waals surface area contributed by atoms with Crippen LogP contribution < -0.4 is 26.8 Å². The summed E-state index contributed by atoms with van der Waals surface area (Å²) in [6.45, 7) is 3.93. The average Bonchev–Trinajstić information content (AvgIpc) is 3.18. The minimum atomic E-state index is -1.04. The molecule has 2 atom stereocenters. The number of amides is 2. The fourth-order valence-corrected chi connectivity index (χ4v) is 4.91. The first kappa shape index (κ1) is 26.7. The molecular weight excluding hydrogens is 508 g/mol. The van der Waals surface area contributed by atoms with Crippen LogP contribution in [0.15, 0.2) is 57.0 Å². The molecule has 1 saturated heterocycles. The van der Waals surface area contributed by atoms with Crippen molar-refractivity contribution in [2.24, 2.45) is 4.99 Å². The SMILES string of the molecule is Cc1ccc(NC(=O)C[C@@H]2SC(=N[C@H](c3ccc(N(C)C)cc3)c3c(O)[nH]c(=O)[nH]c3=O)NC2=O)cc1C. The molecule has 5 N–H and O–H groups in total. The summed E-state index contributed by atoms with van der Waals surface area (Å²) in [6, 6.07) is 11.6. The number of aromatic hydroxyl groups is 1. The van der Waals surface area contributed by atoms with Crippen molar-refractivity contribution in [3.63, 3.8) is 0 Å². The second-order valence-corrected chi connectivity index (χ2v) is 10.3. The first-order chi connectivity index (χ1) is 18.0. The summed E-state index contributed by atoms with van der Waals surface area (Å²) >= 11 is 1.06. The van der Waals surface area contributed by atoms with Gasteiger partial charge in [-0.25, -0.2) is 9.79 Å². The molecule has 1 aliphatic rings. The summed E-state index contributed by atoms with van der Waals surface area (Å²) in [4.78, 5) is 60.3. The molecular formula is C26H28N6O5S. The van der Waals surface area contributed by atoms with E-state index in [0.717, 1.165) is 28.6 Å². The number of hydrogen-bond donors (Lipinski definition) is 5. The van der Waals surface area contributed by atoms with Gasteiger partial charge >= 0.3 is 5.69 Å². The Morgan fingerprint density at radius 3 is 2.42 bits per heavy atom. The fraction of sp³-hybridized carbons (Fsp3) is 0.269. The molecule has 0 saturated carbocycles. The third-order valence-corrected chi connectivity index (χ3v) is 7.24. The number of nitrogens with zero attached hydrogens (tertiary/aromatic N) is 2. The molecule has 0 bridgehead atoms. The molecule has 198 valence electrons. The molecule has 38 heavy (non-hydrogen) atoms. The lowest BCUT2D eigenvalue weighted by Crippen LogP contribution is -2.29. The maximum absolute atomic E-state index is 12.7. The van der Waals surface area contributed by atoms with Gasteiger partial charge < -0.3 is 20.6 Å². The molecule has 2 amide bonds. The molecule has 1 aliphatic heterocycles. The van der Waals surface area contributed by atoms with E-state index in [1.165, 1.54) is 0 Å². The van der Waals surface area contributed by atoms with Gasteiger partial charge in [-0.05, 0) is 54.8 Å². The number of aryl methyl sites for hydroxylation is 2. The van der Waals surface area contributed by atoms with Crippen LogP contribution in [0.25, 0.3) is 0 Å². The number of anilines is 2. The number of benzene rings is 2. The van der Waals surface area contributed by atoms with Crippen molar-refractivity contribution in [3.05, 3.63) is 85.6 Å². The van der Waals surface area contributed by atoms with Crippen LogP contribution in [0.2, 0.25) is 0 Å². The highest BCUT2D eigenvalue weighted by Crippen LogP contribution is 2.32. The third kappa shape index (κ3) is 5.97. The molecule has 0 spiro atoms. The number of H-pyrrole nitrogens is 2. The van der Waals surface area contributed by atoms with Crippen LogP contribution in [0.4, 0.5) is 11.4 Å². The molecule has 12 heteroatoms. The number of carbonyl (C=O) groups is 2. The standard InChI is InChI=1S/C26H28N6O5S/c1-13-5-8-16(11-14(13)2)27-19(33)12-18-22(34)31-26(38-18)28-21(15-6-9-17(10-7-15)32(3)4)20-23(35)29-25(37)30-24(20)36/h5-11,18,21H,12H2,1-4H3,(H,27,33)(H,28,31,34)(H3,29,30,35,36,37)/t18-,21+/m0/s1. The highest BCUT2D eigenvalue weighted by Gasteiger charge is 2.34. The van der Waals surface area contributed by atoms with E-state index in [0.29, 0.717) is 11.3 Å². The van der Waals surface area contributed by atoms with Gasteiger partial charge in [0, 0.05) is 31.9 Å². The summed E-state index contributed by atoms with van der Waals surface area (Å²) in [5.41, 5.74) is 2.38. The number of aromatic nitrogens is 2. The first-order valence-electron chi connectivity index (χ1n) is 11.8. The summed E-state index contributed by atoms with van der Waals surface area (Å²) in [6.07, 6.45) is -0.0882. The van der Waals surface area contributed by atoms with E-state index in [9.17, 15) is 24.3 Å². The van der Waals surface area contributed by atoms with Crippen LogP contribution >= 0.6 is 11.8 Å². The minimum absolute atomic E-state index is 0.0882. The monoisotopic (exact) mass is 536 g/mol. The van der Waals surface area contributed by atoms with Gasteiger partial charge in [0.1, 0.15) is 16.9 Å². The van der Waals surface area contributed by atoms with E-state index in [-0.39, 0.29) is 23.1 Å². The van der Waals surface area contributed by atoms with Crippen molar-refractivity contribution in [1.29, 1.82) is 0 Å². The second-order valence-electron chi connectivity index (χ2n) is 9.14. The molecule has 4 rings (SSSR count). The Balaban J connectivity index is 1.59. The predicted octanol–water partition coefficient (Wildman–Crippen LogP) is 2.16. The number of thioether (sulfide) groups is 1. The number of aliphatic imine (C=N–C) groups is 1. The predicted molar refractivity (Wildman–Crippen MR) is 148 cm³/mol. The summed E-state index contributed by atoms with van der Waals surface area (Å²) in [5, 5.41) is 15.3. The number of amidine groups is 1. The van der Waals surface area contributed by atoms with Crippen LogP contribution in [-0.2, 0) is 9.59 Å². The maximum atomic E-state index is 12.7. The second kappa shape index (κ2) is 11.0. The minimum Gasteiger partial charge on any atom is -0.494 e. The normalized spacial score (nSPS) is 16.8. The molecule has 3 aromatic rings. The molecule has 0 unspecified atom stereocenters. The summed E-state index contributed by atoms with van der Waals surface area (Å²) < 4.78 is 0. The Morgan fingerprint density at radius 2 is 1.79 bits per heavy atom. The number of carbonyl (C=O) groups excluding carboxylic acids is 2. The Labute approximate surface area is 222 Å². The van der Waals surface area contributed by atoms with Crippen LogP contribution in [-0.4, -0.2) is 51.4 Å². The lowest BCUT2D eigenvalue weighted by atomic mass is 10.0. The van der Waals surface area contributed by atoms with Gasteiger partial charge in [-0.3, -0.25) is 24.4 Å².